The molecule has 2 heterocycles. The largest absolute Gasteiger partial charge is 0.307 e. The van der Waals surface area contributed by atoms with Crippen molar-refractivity contribution in [3.63, 3.8) is 0 Å². The topological polar surface area (TPSA) is 64.7 Å². The van der Waals surface area contributed by atoms with Crippen LogP contribution in [-0.2, 0) is 18.4 Å². The first kappa shape index (κ1) is 17.9. The fourth-order valence-corrected chi connectivity index (χ4v) is 2.81. The van der Waals surface area contributed by atoms with Crippen LogP contribution >= 0.6 is 11.6 Å². The number of carbonyl (C=O) groups is 1. The minimum absolute atomic E-state index is 0.217. The van der Waals surface area contributed by atoms with E-state index in [-0.39, 0.29) is 5.91 Å². The van der Waals surface area contributed by atoms with Crippen LogP contribution in [0.5, 0.6) is 0 Å². The van der Waals surface area contributed by atoms with Gasteiger partial charge in [0, 0.05) is 35.5 Å². The van der Waals surface area contributed by atoms with Crippen LogP contribution < -0.4 is 5.32 Å². The summed E-state index contributed by atoms with van der Waals surface area (Å²) < 4.78 is 3.53. The number of aromatic nitrogens is 4. The molecule has 1 N–H and O–H groups in total. The summed E-state index contributed by atoms with van der Waals surface area (Å²) in [4.78, 5) is 12.3. The number of rotatable bonds is 5. The average molecular weight is 370 g/mol. The molecule has 0 aliphatic carbocycles. The van der Waals surface area contributed by atoms with Crippen molar-refractivity contribution in [1.82, 2.24) is 19.6 Å². The third kappa shape index (κ3) is 4.03. The molecule has 3 rings (SSSR count). The van der Waals surface area contributed by atoms with E-state index in [1.165, 1.54) is 6.08 Å². The lowest BCUT2D eigenvalue weighted by Crippen LogP contribution is -2.13. The maximum Gasteiger partial charge on any atom is 0.249 e. The van der Waals surface area contributed by atoms with Gasteiger partial charge in [-0.05, 0) is 37.6 Å². The Balaban J connectivity index is 1.69. The molecular formula is C19H20ClN5O. The summed E-state index contributed by atoms with van der Waals surface area (Å²) in [6.07, 6.45) is 4.95. The van der Waals surface area contributed by atoms with Gasteiger partial charge in [-0.15, -0.1) is 0 Å². The molecule has 0 saturated heterocycles. The zero-order chi connectivity index (χ0) is 18.7. The van der Waals surface area contributed by atoms with Crippen LogP contribution in [0.2, 0.25) is 5.02 Å². The smallest absolute Gasteiger partial charge is 0.249 e. The van der Waals surface area contributed by atoms with E-state index in [2.05, 4.69) is 15.5 Å². The Morgan fingerprint density at radius 1 is 1.23 bits per heavy atom. The quantitative estimate of drug-likeness (QED) is 0.699. The van der Waals surface area contributed by atoms with E-state index in [4.69, 9.17) is 11.6 Å². The zero-order valence-electron chi connectivity index (χ0n) is 14.9. The van der Waals surface area contributed by atoms with Gasteiger partial charge in [-0.1, -0.05) is 23.7 Å². The van der Waals surface area contributed by atoms with E-state index in [0.717, 1.165) is 22.5 Å². The number of aryl methyl sites for hydroxylation is 2. The number of nitrogens with zero attached hydrogens (tertiary/aromatic N) is 4. The van der Waals surface area contributed by atoms with Crippen LogP contribution in [-0.4, -0.2) is 25.5 Å². The van der Waals surface area contributed by atoms with E-state index in [0.29, 0.717) is 17.4 Å². The summed E-state index contributed by atoms with van der Waals surface area (Å²) in [5, 5.41) is 12.2. The molecule has 0 saturated carbocycles. The van der Waals surface area contributed by atoms with E-state index in [1.54, 1.807) is 27.7 Å². The Bertz CT molecular complexity index is 953. The van der Waals surface area contributed by atoms with Gasteiger partial charge in [0.25, 0.3) is 0 Å². The maximum absolute atomic E-state index is 12.3. The highest BCUT2D eigenvalue weighted by molar-refractivity contribution is 6.30. The first-order chi connectivity index (χ1) is 12.4. The highest BCUT2D eigenvalue weighted by Gasteiger charge is 2.08. The number of benzene rings is 1. The zero-order valence-corrected chi connectivity index (χ0v) is 15.7. The molecule has 0 fully saturated rings. The summed E-state index contributed by atoms with van der Waals surface area (Å²) in [6, 6.07) is 9.30. The van der Waals surface area contributed by atoms with Gasteiger partial charge in [0.2, 0.25) is 5.91 Å². The SMILES string of the molecule is Cc1nn(C)c(C)c1/C=C/C(=O)Nc1ccnn1Cc1ccc(Cl)cc1. The lowest BCUT2D eigenvalue weighted by atomic mass is 10.2. The summed E-state index contributed by atoms with van der Waals surface area (Å²) in [6.45, 7) is 4.44. The van der Waals surface area contributed by atoms with Gasteiger partial charge in [0.05, 0.1) is 18.4 Å². The van der Waals surface area contributed by atoms with Crippen molar-refractivity contribution < 1.29 is 4.79 Å². The Morgan fingerprint density at radius 3 is 2.62 bits per heavy atom. The lowest BCUT2D eigenvalue weighted by molar-refractivity contribution is -0.111. The summed E-state index contributed by atoms with van der Waals surface area (Å²) in [5.41, 5.74) is 3.91. The standard InChI is InChI=1S/C19H20ClN5O/c1-13-17(14(2)24(3)23-13)8-9-19(26)22-18-10-11-21-25(18)12-15-4-6-16(20)7-5-15/h4-11H,12H2,1-3H3,(H,22,26)/b9-8+. The molecule has 6 nitrogen and oxygen atoms in total. The molecule has 1 aromatic carbocycles. The average Bonchev–Trinajstić information content (AvgIpc) is 3.12. The summed E-state index contributed by atoms with van der Waals surface area (Å²) >= 11 is 5.91. The minimum Gasteiger partial charge on any atom is -0.307 e. The molecule has 0 radical (unpaired) electrons. The van der Waals surface area contributed by atoms with Crippen LogP contribution in [0.1, 0.15) is 22.5 Å². The Kier molecular flexibility index (Phi) is 5.23. The second-order valence-corrected chi connectivity index (χ2v) is 6.47. The van der Waals surface area contributed by atoms with Gasteiger partial charge in [-0.2, -0.15) is 10.2 Å². The van der Waals surface area contributed by atoms with E-state index in [9.17, 15) is 4.79 Å². The molecule has 0 bridgehead atoms. The fourth-order valence-electron chi connectivity index (χ4n) is 2.69. The normalized spacial score (nSPS) is 11.2. The van der Waals surface area contributed by atoms with Crippen LogP contribution in [0, 0.1) is 13.8 Å². The summed E-state index contributed by atoms with van der Waals surface area (Å²) in [5.74, 6) is 0.416. The van der Waals surface area contributed by atoms with Crippen molar-refractivity contribution in [2.75, 3.05) is 5.32 Å². The van der Waals surface area contributed by atoms with Crippen molar-refractivity contribution in [3.8, 4) is 0 Å². The number of hydrogen-bond acceptors (Lipinski definition) is 3. The van der Waals surface area contributed by atoms with Crippen molar-refractivity contribution in [1.29, 1.82) is 0 Å². The van der Waals surface area contributed by atoms with Gasteiger partial charge in [-0.25, -0.2) is 4.68 Å². The first-order valence-corrected chi connectivity index (χ1v) is 8.57. The van der Waals surface area contributed by atoms with Crippen LogP contribution in [0.3, 0.4) is 0 Å². The molecule has 0 atom stereocenters. The van der Waals surface area contributed by atoms with Gasteiger partial charge >= 0.3 is 0 Å². The predicted molar refractivity (Wildman–Crippen MR) is 103 cm³/mol. The lowest BCUT2D eigenvalue weighted by Gasteiger charge is -2.08. The van der Waals surface area contributed by atoms with Crippen molar-refractivity contribution in [2.45, 2.75) is 20.4 Å². The summed E-state index contributed by atoms with van der Waals surface area (Å²) in [7, 11) is 1.88. The molecule has 134 valence electrons. The molecule has 0 aliphatic rings. The van der Waals surface area contributed by atoms with E-state index < -0.39 is 0 Å². The second-order valence-electron chi connectivity index (χ2n) is 6.03. The molecular weight excluding hydrogens is 350 g/mol. The minimum atomic E-state index is -0.217. The molecule has 0 aliphatic heterocycles. The van der Waals surface area contributed by atoms with Crippen molar-refractivity contribution >= 4 is 29.4 Å². The van der Waals surface area contributed by atoms with Gasteiger partial charge in [0.15, 0.2) is 0 Å². The van der Waals surface area contributed by atoms with Crippen molar-refractivity contribution in [2.24, 2.45) is 7.05 Å². The number of halogens is 1. The Morgan fingerprint density at radius 2 is 1.96 bits per heavy atom. The fraction of sp³-hybridized carbons (Fsp3) is 0.211. The monoisotopic (exact) mass is 369 g/mol. The van der Waals surface area contributed by atoms with Crippen LogP contribution in [0.15, 0.2) is 42.6 Å². The Labute approximate surface area is 157 Å². The van der Waals surface area contributed by atoms with Gasteiger partial charge < -0.3 is 5.32 Å². The number of hydrogen-bond donors (Lipinski definition) is 1. The molecule has 26 heavy (non-hydrogen) atoms. The van der Waals surface area contributed by atoms with Gasteiger partial charge in [0.1, 0.15) is 5.82 Å². The molecule has 2 aromatic heterocycles. The number of anilines is 1. The van der Waals surface area contributed by atoms with Gasteiger partial charge in [-0.3, -0.25) is 9.48 Å². The molecule has 1 amide bonds. The molecule has 3 aromatic rings. The second kappa shape index (κ2) is 7.58. The third-order valence-electron chi connectivity index (χ3n) is 4.18. The highest BCUT2D eigenvalue weighted by atomic mass is 35.5. The first-order valence-electron chi connectivity index (χ1n) is 8.19. The van der Waals surface area contributed by atoms with E-state index >= 15 is 0 Å². The molecule has 0 spiro atoms. The van der Waals surface area contributed by atoms with Crippen LogP contribution in [0.4, 0.5) is 5.82 Å². The van der Waals surface area contributed by atoms with E-state index in [1.807, 2.05) is 45.2 Å². The predicted octanol–water partition coefficient (Wildman–Crippen LogP) is 3.59. The highest BCUT2D eigenvalue weighted by Crippen LogP contribution is 2.15. The number of amides is 1. The third-order valence-corrected chi connectivity index (χ3v) is 4.43. The molecule has 0 unspecified atom stereocenters. The van der Waals surface area contributed by atoms with Crippen molar-refractivity contribution in [3.05, 3.63) is 70.1 Å². The van der Waals surface area contributed by atoms with Crippen LogP contribution in [0.25, 0.3) is 6.08 Å². The number of carbonyl (C=O) groups excluding carboxylic acids is 1. The Hall–Kier alpha value is -2.86. The number of nitrogens with one attached hydrogen (secondary N) is 1. The molecule has 7 heteroatoms. The maximum atomic E-state index is 12.3.